The number of likely N-dealkylation sites (tertiary alicyclic amines) is 1. The maximum Gasteiger partial charge on any atom is 0.242 e. The molecule has 0 aliphatic carbocycles. The van der Waals surface area contributed by atoms with Crippen molar-refractivity contribution >= 4 is 5.91 Å². The number of nitrogens with zero attached hydrogens (tertiary/aromatic N) is 1. The molecule has 3 rings (SSSR count). The van der Waals surface area contributed by atoms with Gasteiger partial charge < -0.3 is 19.7 Å². The first-order valence-corrected chi connectivity index (χ1v) is 8.08. The lowest BCUT2D eigenvalue weighted by atomic mass is 10.1. The summed E-state index contributed by atoms with van der Waals surface area (Å²) in [4.78, 5) is 14.3. The summed E-state index contributed by atoms with van der Waals surface area (Å²) in [6, 6.07) is 10.0. The van der Waals surface area contributed by atoms with E-state index in [1.807, 2.05) is 23.1 Å². The molecule has 1 unspecified atom stereocenters. The fourth-order valence-corrected chi connectivity index (χ4v) is 2.98. The highest BCUT2D eigenvalue weighted by atomic mass is 16.5. The largest absolute Gasteiger partial charge is 0.378 e. The van der Waals surface area contributed by atoms with Crippen molar-refractivity contribution in [2.45, 2.75) is 31.6 Å². The van der Waals surface area contributed by atoms with E-state index in [1.54, 1.807) is 0 Å². The van der Waals surface area contributed by atoms with Gasteiger partial charge in [0.25, 0.3) is 0 Å². The molecule has 2 heterocycles. The third kappa shape index (κ3) is 4.06. The van der Waals surface area contributed by atoms with E-state index < -0.39 is 0 Å². The Kier molecular flexibility index (Phi) is 5.43. The van der Waals surface area contributed by atoms with Crippen molar-refractivity contribution in [1.29, 1.82) is 0 Å². The SMILES string of the molecule is O=C(C1COCCN1)N1CCC(OCc2ccccc2)CC1. The van der Waals surface area contributed by atoms with Crippen LogP contribution in [0.1, 0.15) is 18.4 Å². The second kappa shape index (κ2) is 7.72. The Balaban J connectivity index is 1.41. The van der Waals surface area contributed by atoms with E-state index in [9.17, 15) is 4.79 Å². The van der Waals surface area contributed by atoms with Crippen LogP contribution in [0.3, 0.4) is 0 Å². The van der Waals surface area contributed by atoms with E-state index in [2.05, 4.69) is 17.4 Å². The number of piperidine rings is 1. The van der Waals surface area contributed by atoms with E-state index in [1.165, 1.54) is 5.56 Å². The molecule has 5 heteroatoms. The average Bonchev–Trinajstić information content (AvgIpc) is 2.61. The molecule has 0 saturated carbocycles. The van der Waals surface area contributed by atoms with E-state index in [0.717, 1.165) is 32.5 Å². The molecule has 1 amide bonds. The molecule has 2 saturated heterocycles. The minimum absolute atomic E-state index is 0.168. The normalized spacial score (nSPS) is 23.5. The lowest BCUT2D eigenvalue weighted by Crippen LogP contribution is -2.54. The maximum atomic E-state index is 12.4. The van der Waals surface area contributed by atoms with Gasteiger partial charge in [-0.1, -0.05) is 30.3 Å². The zero-order chi connectivity index (χ0) is 15.2. The molecule has 0 aromatic heterocycles. The molecule has 1 N–H and O–H groups in total. The highest BCUT2D eigenvalue weighted by Gasteiger charge is 2.29. The van der Waals surface area contributed by atoms with E-state index in [4.69, 9.17) is 9.47 Å². The molecule has 0 radical (unpaired) electrons. The number of carbonyl (C=O) groups is 1. The van der Waals surface area contributed by atoms with Gasteiger partial charge in [0.2, 0.25) is 5.91 Å². The molecule has 5 nitrogen and oxygen atoms in total. The number of rotatable bonds is 4. The van der Waals surface area contributed by atoms with E-state index in [0.29, 0.717) is 19.8 Å². The quantitative estimate of drug-likeness (QED) is 0.907. The fraction of sp³-hybridized carbons (Fsp3) is 0.588. The second-order valence-electron chi connectivity index (χ2n) is 5.90. The van der Waals surface area contributed by atoms with Crippen LogP contribution in [0.15, 0.2) is 30.3 Å². The van der Waals surface area contributed by atoms with Crippen molar-refractivity contribution in [2.24, 2.45) is 0 Å². The Morgan fingerprint density at radius 3 is 2.73 bits per heavy atom. The molecule has 0 bridgehead atoms. The predicted molar refractivity (Wildman–Crippen MR) is 83.4 cm³/mol. The fourth-order valence-electron chi connectivity index (χ4n) is 2.98. The Hall–Kier alpha value is -1.43. The van der Waals surface area contributed by atoms with Gasteiger partial charge in [0.1, 0.15) is 6.04 Å². The monoisotopic (exact) mass is 304 g/mol. The molecule has 1 atom stereocenters. The zero-order valence-electron chi connectivity index (χ0n) is 12.9. The molecule has 2 aliphatic rings. The van der Waals surface area contributed by atoms with Crippen LogP contribution in [-0.2, 0) is 20.9 Å². The summed E-state index contributed by atoms with van der Waals surface area (Å²) in [6.07, 6.45) is 2.07. The topological polar surface area (TPSA) is 50.8 Å². The Bertz CT molecular complexity index is 466. The number of carbonyl (C=O) groups excluding carboxylic acids is 1. The van der Waals surface area contributed by atoms with Crippen LogP contribution in [0.25, 0.3) is 0 Å². The predicted octanol–water partition coefficient (Wildman–Crippen LogP) is 1.18. The standard InChI is InChI=1S/C17H24N2O3/c20-17(16-13-21-11-8-18-16)19-9-6-15(7-10-19)22-12-14-4-2-1-3-5-14/h1-5,15-16,18H,6-13H2. The summed E-state index contributed by atoms with van der Waals surface area (Å²) >= 11 is 0. The van der Waals surface area contributed by atoms with Crippen LogP contribution in [0.5, 0.6) is 0 Å². The number of amides is 1. The lowest BCUT2D eigenvalue weighted by Gasteiger charge is -2.35. The molecule has 1 aromatic rings. The number of hydrogen-bond acceptors (Lipinski definition) is 4. The van der Waals surface area contributed by atoms with Crippen LogP contribution in [0.2, 0.25) is 0 Å². The number of ether oxygens (including phenoxy) is 2. The molecule has 2 fully saturated rings. The molecule has 1 aromatic carbocycles. The van der Waals surface area contributed by atoms with Crippen LogP contribution < -0.4 is 5.32 Å². The van der Waals surface area contributed by atoms with Gasteiger partial charge in [-0.3, -0.25) is 4.79 Å². The minimum atomic E-state index is -0.171. The summed E-state index contributed by atoms with van der Waals surface area (Å²) in [5.74, 6) is 0.168. The Morgan fingerprint density at radius 2 is 2.05 bits per heavy atom. The van der Waals surface area contributed by atoms with Crippen LogP contribution in [0.4, 0.5) is 0 Å². The van der Waals surface area contributed by atoms with Crippen LogP contribution in [0, 0.1) is 0 Å². The number of morpholine rings is 1. The van der Waals surface area contributed by atoms with Gasteiger partial charge >= 0.3 is 0 Å². The number of nitrogens with one attached hydrogen (secondary N) is 1. The maximum absolute atomic E-state index is 12.4. The van der Waals surface area contributed by atoms with Gasteiger partial charge in [-0.25, -0.2) is 0 Å². The average molecular weight is 304 g/mol. The molecular weight excluding hydrogens is 280 g/mol. The summed E-state index contributed by atoms with van der Waals surface area (Å²) in [6.45, 7) is 4.14. The van der Waals surface area contributed by atoms with Gasteiger partial charge in [0, 0.05) is 19.6 Å². The highest BCUT2D eigenvalue weighted by Crippen LogP contribution is 2.17. The molecule has 0 spiro atoms. The van der Waals surface area contributed by atoms with E-state index >= 15 is 0 Å². The molecule has 2 aliphatic heterocycles. The van der Waals surface area contributed by atoms with Gasteiger partial charge in [0.15, 0.2) is 0 Å². The van der Waals surface area contributed by atoms with Crippen LogP contribution >= 0.6 is 0 Å². The van der Waals surface area contributed by atoms with E-state index in [-0.39, 0.29) is 18.1 Å². The summed E-state index contributed by atoms with van der Waals surface area (Å²) in [5.41, 5.74) is 1.20. The first-order valence-electron chi connectivity index (χ1n) is 8.08. The summed E-state index contributed by atoms with van der Waals surface area (Å²) in [7, 11) is 0. The van der Waals surface area contributed by atoms with Gasteiger partial charge in [-0.15, -0.1) is 0 Å². The molecular formula is C17H24N2O3. The molecule has 120 valence electrons. The summed E-state index contributed by atoms with van der Waals surface area (Å²) < 4.78 is 11.3. The number of hydrogen-bond donors (Lipinski definition) is 1. The number of benzene rings is 1. The smallest absolute Gasteiger partial charge is 0.242 e. The van der Waals surface area contributed by atoms with Gasteiger partial charge in [-0.2, -0.15) is 0 Å². The zero-order valence-corrected chi connectivity index (χ0v) is 12.9. The third-order valence-corrected chi connectivity index (χ3v) is 4.30. The van der Waals surface area contributed by atoms with Crippen molar-refractivity contribution < 1.29 is 14.3 Å². The van der Waals surface area contributed by atoms with Crippen molar-refractivity contribution in [3.8, 4) is 0 Å². The third-order valence-electron chi connectivity index (χ3n) is 4.30. The first-order chi connectivity index (χ1) is 10.8. The first kappa shape index (κ1) is 15.5. The second-order valence-corrected chi connectivity index (χ2v) is 5.90. The van der Waals surface area contributed by atoms with Gasteiger partial charge in [-0.05, 0) is 18.4 Å². The molecule has 22 heavy (non-hydrogen) atoms. The van der Waals surface area contributed by atoms with Crippen LogP contribution in [-0.4, -0.2) is 55.8 Å². The minimum Gasteiger partial charge on any atom is -0.378 e. The Labute approximate surface area is 131 Å². The lowest BCUT2D eigenvalue weighted by molar-refractivity contribution is -0.139. The van der Waals surface area contributed by atoms with Crippen molar-refractivity contribution in [3.63, 3.8) is 0 Å². The summed E-state index contributed by atoms with van der Waals surface area (Å²) in [5, 5.41) is 3.23. The Morgan fingerprint density at radius 1 is 1.27 bits per heavy atom. The van der Waals surface area contributed by atoms with Gasteiger partial charge in [0.05, 0.1) is 25.9 Å². The highest BCUT2D eigenvalue weighted by molar-refractivity contribution is 5.82. The van der Waals surface area contributed by atoms with Crippen molar-refractivity contribution in [3.05, 3.63) is 35.9 Å². The van der Waals surface area contributed by atoms with Crippen molar-refractivity contribution in [1.82, 2.24) is 10.2 Å². The van der Waals surface area contributed by atoms with Crippen molar-refractivity contribution in [2.75, 3.05) is 32.8 Å².